The number of aromatic nitrogens is 2. The second kappa shape index (κ2) is 7.81. The fourth-order valence-electron chi connectivity index (χ4n) is 3.36. The van der Waals surface area contributed by atoms with Crippen LogP contribution in [0.5, 0.6) is 5.75 Å². The number of nitrogens with zero attached hydrogens (tertiary/aromatic N) is 3. The highest BCUT2D eigenvalue weighted by atomic mass is 19.4. The van der Waals surface area contributed by atoms with Gasteiger partial charge in [-0.15, -0.1) is 13.2 Å². The molecule has 6 nitrogen and oxygen atoms in total. The first-order valence-electron chi connectivity index (χ1n) is 9.41. The van der Waals surface area contributed by atoms with Crippen LogP contribution in [0.15, 0.2) is 53.1 Å². The summed E-state index contributed by atoms with van der Waals surface area (Å²) in [5.74, 6) is -0.0292. The van der Waals surface area contributed by atoms with Gasteiger partial charge in [-0.3, -0.25) is 4.79 Å². The van der Waals surface area contributed by atoms with Gasteiger partial charge in [0.15, 0.2) is 5.82 Å². The Labute approximate surface area is 170 Å². The summed E-state index contributed by atoms with van der Waals surface area (Å²) < 4.78 is 45.9. The van der Waals surface area contributed by atoms with Crippen molar-refractivity contribution in [2.75, 3.05) is 11.4 Å². The molecule has 0 N–H and O–H groups in total. The SMILES string of the molecule is CCc1ccc(N2C[C@@H](c3noc(-c4ccc(OC(F)(F)F)cc4)n3)CC2=O)cc1. The van der Waals surface area contributed by atoms with E-state index in [2.05, 4.69) is 21.8 Å². The molecule has 2 heterocycles. The topological polar surface area (TPSA) is 68.5 Å². The summed E-state index contributed by atoms with van der Waals surface area (Å²) in [6.07, 6.45) is -3.57. The molecule has 1 saturated heterocycles. The highest BCUT2D eigenvalue weighted by Gasteiger charge is 2.35. The summed E-state index contributed by atoms with van der Waals surface area (Å²) in [6.45, 7) is 2.50. The number of carbonyl (C=O) groups is 1. The average molecular weight is 417 g/mol. The van der Waals surface area contributed by atoms with E-state index in [0.29, 0.717) is 17.9 Å². The lowest BCUT2D eigenvalue weighted by molar-refractivity contribution is -0.274. The van der Waals surface area contributed by atoms with Gasteiger partial charge in [0.2, 0.25) is 5.91 Å². The van der Waals surface area contributed by atoms with Gasteiger partial charge in [-0.05, 0) is 48.4 Å². The van der Waals surface area contributed by atoms with Gasteiger partial charge in [-0.1, -0.05) is 24.2 Å². The molecule has 0 aliphatic carbocycles. The number of ether oxygens (including phenoxy) is 1. The van der Waals surface area contributed by atoms with Crippen LogP contribution < -0.4 is 9.64 Å². The maximum absolute atomic E-state index is 12.5. The Balaban J connectivity index is 1.47. The van der Waals surface area contributed by atoms with Crippen molar-refractivity contribution in [1.82, 2.24) is 10.1 Å². The van der Waals surface area contributed by atoms with Gasteiger partial charge in [0.05, 0.1) is 0 Å². The van der Waals surface area contributed by atoms with E-state index < -0.39 is 6.36 Å². The Hall–Kier alpha value is -3.36. The minimum atomic E-state index is -4.75. The van der Waals surface area contributed by atoms with Crippen molar-refractivity contribution < 1.29 is 27.2 Å². The van der Waals surface area contributed by atoms with Crippen LogP contribution in [0.25, 0.3) is 11.5 Å². The minimum Gasteiger partial charge on any atom is -0.406 e. The van der Waals surface area contributed by atoms with Crippen LogP contribution >= 0.6 is 0 Å². The summed E-state index contributed by atoms with van der Waals surface area (Å²) >= 11 is 0. The molecule has 30 heavy (non-hydrogen) atoms. The van der Waals surface area contributed by atoms with E-state index in [0.717, 1.165) is 12.1 Å². The Morgan fingerprint density at radius 2 is 1.83 bits per heavy atom. The third-order valence-electron chi connectivity index (χ3n) is 4.92. The predicted molar refractivity (Wildman–Crippen MR) is 102 cm³/mol. The molecule has 0 spiro atoms. The van der Waals surface area contributed by atoms with Gasteiger partial charge < -0.3 is 14.2 Å². The first kappa shape index (κ1) is 19.9. The van der Waals surface area contributed by atoms with Gasteiger partial charge in [0.25, 0.3) is 5.89 Å². The number of hydrogen-bond acceptors (Lipinski definition) is 5. The zero-order chi connectivity index (χ0) is 21.3. The summed E-state index contributed by atoms with van der Waals surface area (Å²) in [5.41, 5.74) is 2.47. The summed E-state index contributed by atoms with van der Waals surface area (Å²) in [7, 11) is 0. The minimum absolute atomic E-state index is 0.0238. The molecule has 1 aliphatic rings. The van der Waals surface area contributed by atoms with Crippen molar-refractivity contribution in [2.24, 2.45) is 0 Å². The molecule has 156 valence electrons. The molecule has 0 radical (unpaired) electrons. The molecule has 3 aromatic rings. The number of carbonyl (C=O) groups excluding carboxylic acids is 1. The van der Waals surface area contributed by atoms with E-state index in [-0.39, 0.29) is 29.9 Å². The Morgan fingerprint density at radius 3 is 2.47 bits per heavy atom. The van der Waals surface area contributed by atoms with E-state index in [1.165, 1.54) is 29.8 Å². The lowest BCUT2D eigenvalue weighted by Gasteiger charge is -2.16. The highest BCUT2D eigenvalue weighted by Crippen LogP contribution is 2.32. The zero-order valence-electron chi connectivity index (χ0n) is 16.0. The van der Waals surface area contributed by atoms with Crippen molar-refractivity contribution >= 4 is 11.6 Å². The highest BCUT2D eigenvalue weighted by molar-refractivity contribution is 5.96. The number of hydrogen-bond donors (Lipinski definition) is 0. The number of amides is 1. The maximum Gasteiger partial charge on any atom is 0.573 e. The number of anilines is 1. The van der Waals surface area contributed by atoms with E-state index in [1.54, 1.807) is 4.90 Å². The van der Waals surface area contributed by atoms with Crippen LogP contribution in [0, 0.1) is 0 Å². The Bertz CT molecular complexity index is 1030. The maximum atomic E-state index is 12.5. The predicted octanol–water partition coefficient (Wildman–Crippen LogP) is 4.72. The standard InChI is InChI=1S/C21H18F3N3O3/c1-2-13-3-7-16(8-4-13)27-12-15(11-18(27)28)19-25-20(30-26-19)14-5-9-17(10-6-14)29-21(22,23)24/h3-10,15H,2,11-12H2,1H3/t15-/m0/s1. The molecule has 9 heteroatoms. The third-order valence-corrected chi connectivity index (χ3v) is 4.92. The van der Waals surface area contributed by atoms with Crippen molar-refractivity contribution in [1.29, 1.82) is 0 Å². The molecule has 1 amide bonds. The number of aryl methyl sites for hydroxylation is 1. The fraction of sp³-hybridized carbons (Fsp3) is 0.286. The van der Waals surface area contributed by atoms with Gasteiger partial charge in [-0.25, -0.2) is 0 Å². The second-order valence-electron chi connectivity index (χ2n) is 6.96. The van der Waals surface area contributed by atoms with Crippen LogP contribution in [-0.2, 0) is 11.2 Å². The second-order valence-corrected chi connectivity index (χ2v) is 6.96. The summed E-state index contributed by atoms with van der Waals surface area (Å²) in [6, 6.07) is 13.0. The molecule has 1 aromatic heterocycles. The van der Waals surface area contributed by atoms with E-state index in [9.17, 15) is 18.0 Å². The number of alkyl halides is 3. The largest absolute Gasteiger partial charge is 0.573 e. The number of rotatable bonds is 5. The van der Waals surface area contributed by atoms with E-state index >= 15 is 0 Å². The van der Waals surface area contributed by atoms with Crippen molar-refractivity contribution in [3.05, 3.63) is 59.9 Å². The van der Waals surface area contributed by atoms with Gasteiger partial charge in [0, 0.05) is 30.1 Å². The first-order valence-corrected chi connectivity index (χ1v) is 9.41. The quantitative estimate of drug-likeness (QED) is 0.601. The van der Waals surface area contributed by atoms with Crippen molar-refractivity contribution in [3.63, 3.8) is 0 Å². The molecule has 1 aliphatic heterocycles. The van der Waals surface area contributed by atoms with Crippen LogP contribution in [-0.4, -0.2) is 29.0 Å². The third kappa shape index (κ3) is 4.29. The fourth-order valence-corrected chi connectivity index (χ4v) is 3.36. The Kier molecular flexibility index (Phi) is 5.19. The Morgan fingerprint density at radius 1 is 1.13 bits per heavy atom. The van der Waals surface area contributed by atoms with Crippen LogP contribution in [0.4, 0.5) is 18.9 Å². The molecular weight excluding hydrogens is 399 g/mol. The summed E-state index contributed by atoms with van der Waals surface area (Å²) in [5, 5.41) is 3.97. The zero-order valence-corrected chi connectivity index (χ0v) is 16.0. The lowest BCUT2D eigenvalue weighted by Crippen LogP contribution is -2.24. The van der Waals surface area contributed by atoms with Crippen LogP contribution in [0.2, 0.25) is 0 Å². The molecule has 2 aromatic carbocycles. The van der Waals surface area contributed by atoms with Gasteiger partial charge >= 0.3 is 6.36 Å². The monoisotopic (exact) mass is 417 g/mol. The molecule has 1 atom stereocenters. The van der Waals surface area contributed by atoms with Crippen molar-refractivity contribution in [3.8, 4) is 17.2 Å². The van der Waals surface area contributed by atoms with Gasteiger partial charge in [-0.2, -0.15) is 4.98 Å². The number of halogens is 3. The first-order chi connectivity index (χ1) is 14.3. The molecule has 1 fully saturated rings. The summed E-state index contributed by atoms with van der Waals surface area (Å²) in [4.78, 5) is 18.5. The average Bonchev–Trinajstić information content (AvgIpc) is 3.34. The molecular formula is C21H18F3N3O3. The molecule has 0 saturated carbocycles. The van der Waals surface area contributed by atoms with Gasteiger partial charge in [0.1, 0.15) is 5.75 Å². The van der Waals surface area contributed by atoms with E-state index in [4.69, 9.17) is 4.52 Å². The molecule has 0 unspecified atom stereocenters. The van der Waals surface area contributed by atoms with E-state index in [1.807, 2.05) is 24.3 Å². The normalized spacial score (nSPS) is 16.9. The van der Waals surface area contributed by atoms with Crippen LogP contribution in [0.3, 0.4) is 0 Å². The van der Waals surface area contributed by atoms with Crippen molar-refractivity contribution in [2.45, 2.75) is 32.0 Å². The van der Waals surface area contributed by atoms with Crippen LogP contribution in [0.1, 0.15) is 30.7 Å². The smallest absolute Gasteiger partial charge is 0.406 e. The molecule has 4 rings (SSSR count). The number of benzene rings is 2. The molecule has 0 bridgehead atoms. The lowest BCUT2D eigenvalue weighted by atomic mass is 10.1.